The van der Waals surface area contributed by atoms with Crippen LogP contribution in [-0.4, -0.2) is 47.6 Å². The molecule has 3 N–H and O–H groups in total. The summed E-state index contributed by atoms with van der Waals surface area (Å²) in [6.07, 6.45) is 1.58. The van der Waals surface area contributed by atoms with E-state index in [1.165, 1.54) is 0 Å². The lowest BCUT2D eigenvalue weighted by molar-refractivity contribution is 0.270. The van der Waals surface area contributed by atoms with Crippen LogP contribution in [0.15, 0.2) is 67.0 Å². The molecule has 7 nitrogen and oxygen atoms in total. The van der Waals surface area contributed by atoms with Gasteiger partial charge in [-0.15, -0.1) is 0 Å². The number of nitrogens with one attached hydrogen (secondary N) is 1. The van der Waals surface area contributed by atoms with Crippen LogP contribution in [0.2, 0.25) is 0 Å². The second kappa shape index (κ2) is 8.79. The summed E-state index contributed by atoms with van der Waals surface area (Å²) in [4.78, 5) is 13.6. The summed E-state index contributed by atoms with van der Waals surface area (Å²) < 4.78 is 0. The Morgan fingerprint density at radius 1 is 0.897 bits per heavy atom. The first-order valence-electron chi connectivity index (χ1n) is 10.0. The number of nitrogens with zero attached hydrogens (tertiary/aromatic N) is 5. The molecule has 0 amide bonds. The van der Waals surface area contributed by atoms with Gasteiger partial charge in [-0.1, -0.05) is 43.3 Å². The van der Waals surface area contributed by atoms with Gasteiger partial charge in [0.15, 0.2) is 11.6 Å². The molecule has 3 aromatic rings. The Hall–Kier alpha value is -3.32. The SMILES string of the molecule is CCN1CCN(c2ncnc(NN(c3ccccc3)c3ccccc3)c2N)CC1. The maximum Gasteiger partial charge on any atom is 0.173 e. The lowest BCUT2D eigenvalue weighted by Crippen LogP contribution is -2.46. The van der Waals surface area contributed by atoms with E-state index in [0.29, 0.717) is 11.5 Å². The molecule has 1 aliphatic heterocycles. The number of aromatic nitrogens is 2. The first kappa shape index (κ1) is 19.0. The zero-order valence-electron chi connectivity index (χ0n) is 16.7. The van der Waals surface area contributed by atoms with E-state index in [9.17, 15) is 0 Å². The smallest absolute Gasteiger partial charge is 0.173 e. The summed E-state index contributed by atoms with van der Waals surface area (Å²) in [5, 5.41) is 1.98. The number of benzene rings is 2. The van der Waals surface area contributed by atoms with E-state index in [0.717, 1.165) is 49.9 Å². The number of nitrogens with two attached hydrogens (primary N) is 1. The van der Waals surface area contributed by atoms with E-state index in [1.807, 2.05) is 65.7 Å². The molecule has 150 valence electrons. The van der Waals surface area contributed by atoms with E-state index in [2.05, 4.69) is 32.1 Å². The summed E-state index contributed by atoms with van der Waals surface area (Å²) in [6.45, 7) is 7.12. The largest absolute Gasteiger partial charge is 0.393 e. The van der Waals surface area contributed by atoms with Gasteiger partial charge in [0.1, 0.15) is 12.0 Å². The number of hydrazine groups is 1. The number of hydrogen-bond acceptors (Lipinski definition) is 7. The van der Waals surface area contributed by atoms with Crippen LogP contribution < -0.4 is 21.1 Å². The predicted octanol–water partition coefficient (Wildman–Crippen LogP) is 3.37. The summed E-state index contributed by atoms with van der Waals surface area (Å²) in [5.41, 5.74) is 12.5. The molecule has 1 aromatic heterocycles. The van der Waals surface area contributed by atoms with Gasteiger partial charge in [-0.3, -0.25) is 10.4 Å². The number of nitrogen functional groups attached to an aromatic ring is 1. The van der Waals surface area contributed by atoms with Crippen LogP contribution in [0.4, 0.5) is 28.7 Å². The van der Waals surface area contributed by atoms with Gasteiger partial charge in [0, 0.05) is 26.2 Å². The standard InChI is InChI=1S/C22H27N7/c1-2-27-13-15-28(16-14-27)22-20(23)21(24-17-25-22)26-29(18-9-5-3-6-10-18)19-11-7-4-8-12-19/h3-12,17H,2,13-16,23H2,1H3,(H,24,25,26). The van der Waals surface area contributed by atoms with Crippen molar-refractivity contribution in [3.8, 4) is 0 Å². The van der Waals surface area contributed by atoms with Crippen LogP contribution in [0.3, 0.4) is 0 Å². The number of anilines is 5. The summed E-state index contributed by atoms with van der Waals surface area (Å²) >= 11 is 0. The maximum atomic E-state index is 6.52. The van der Waals surface area contributed by atoms with E-state index >= 15 is 0 Å². The maximum absolute atomic E-state index is 6.52. The van der Waals surface area contributed by atoms with Crippen LogP contribution in [0.25, 0.3) is 0 Å². The molecule has 0 spiro atoms. The van der Waals surface area contributed by atoms with Crippen LogP contribution in [-0.2, 0) is 0 Å². The number of rotatable bonds is 6. The monoisotopic (exact) mass is 389 g/mol. The topological polar surface area (TPSA) is 73.6 Å². The van der Waals surface area contributed by atoms with Crippen LogP contribution in [0, 0.1) is 0 Å². The molecule has 1 aliphatic rings. The zero-order chi connectivity index (χ0) is 20.1. The van der Waals surface area contributed by atoms with Crippen molar-refractivity contribution in [2.24, 2.45) is 0 Å². The molecule has 0 radical (unpaired) electrons. The van der Waals surface area contributed by atoms with Crippen molar-refractivity contribution in [1.82, 2.24) is 14.9 Å². The second-order valence-corrected chi connectivity index (χ2v) is 7.00. The van der Waals surface area contributed by atoms with Gasteiger partial charge in [-0.25, -0.2) is 9.97 Å². The lowest BCUT2D eigenvalue weighted by atomic mass is 10.2. The molecule has 2 aromatic carbocycles. The third-order valence-electron chi connectivity index (χ3n) is 5.23. The van der Waals surface area contributed by atoms with Crippen molar-refractivity contribution < 1.29 is 0 Å². The minimum Gasteiger partial charge on any atom is -0.393 e. The van der Waals surface area contributed by atoms with Crippen molar-refractivity contribution >= 4 is 28.7 Å². The average molecular weight is 390 g/mol. The molecule has 1 fully saturated rings. The first-order valence-corrected chi connectivity index (χ1v) is 10.0. The molecule has 29 heavy (non-hydrogen) atoms. The van der Waals surface area contributed by atoms with Crippen molar-refractivity contribution in [2.75, 3.05) is 53.8 Å². The van der Waals surface area contributed by atoms with E-state index in [1.54, 1.807) is 6.33 Å². The second-order valence-electron chi connectivity index (χ2n) is 7.00. The number of likely N-dealkylation sites (N-methyl/N-ethyl adjacent to an activating group) is 1. The number of para-hydroxylation sites is 2. The Morgan fingerprint density at radius 2 is 1.48 bits per heavy atom. The van der Waals surface area contributed by atoms with Gasteiger partial charge >= 0.3 is 0 Å². The van der Waals surface area contributed by atoms with Gasteiger partial charge in [0.2, 0.25) is 0 Å². The Morgan fingerprint density at radius 3 is 2.03 bits per heavy atom. The zero-order valence-corrected chi connectivity index (χ0v) is 16.7. The summed E-state index contributed by atoms with van der Waals surface area (Å²) in [6, 6.07) is 20.2. The highest BCUT2D eigenvalue weighted by Gasteiger charge is 2.21. The Kier molecular flexibility index (Phi) is 5.76. The highest BCUT2D eigenvalue weighted by atomic mass is 15.5. The molecule has 0 unspecified atom stereocenters. The molecule has 4 rings (SSSR count). The molecule has 0 saturated carbocycles. The molecule has 0 atom stereocenters. The molecular weight excluding hydrogens is 362 g/mol. The predicted molar refractivity (Wildman–Crippen MR) is 119 cm³/mol. The van der Waals surface area contributed by atoms with Gasteiger partial charge in [-0.05, 0) is 30.8 Å². The van der Waals surface area contributed by atoms with Crippen molar-refractivity contribution in [3.63, 3.8) is 0 Å². The molecular formula is C22H27N7. The minimum absolute atomic E-state index is 0.564. The highest BCUT2D eigenvalue weighted by Crippen LogP contribution is 2.31. The van der Waals surface area contributed by atoms with Gasteiger partial charge in [-0.2, -0.15) is 0 Å². The van der Waals surface area contributed by atoms with Crippen LogP contribution in [0.5, 0.6) is 0 Å². The van der Waals surface area contributed by atoms with E-state index < -0.39 is 0 Å². The van der Waals surface area contributed by atoms with E-state index in [-0.39, 0.29) is 0 Å². The normalized spacial score (nSPS) is 14.6. The molecule has 1 saturated heterocycles. The number of piperazine rings is 1. The van der Waals surface area contributed by atoms with Crippen molar-refractivity contribution in [2.45, 2.75) is 6.92 Å². The summed E-state index contributed by atoms with van der Waals surface area (Å²) in [7, 11) is 0. The third kappa shape index (κ3) is 4.25. The average Bonchev–Trinajstić information content (AvgIpc) is 2.80. The highest BCUT2D eigenvalue weighted by molar-refractivity contribution is 5.78. The molecule has 0 aliphatic carbocycles. The molecule has 0 bridgehead atoms. The fourth-order valence-corrected chi connectivity index (χ4v) is 3.54. The van der Waals surface area contributed by atoms with Crippen LogP contribution >= 0.6 is 0 Å². The van der Waals surface area contributed by atoms with E-state index in [4.69, 9.17) is 5.73 Å². The Labute approximate surface area is 171 Å². The number of hydrogen-bond donors (Lipinski definition) is 2. The quantitative estimate of drug-likeness (QED) is 0.626. The van der Waals surface area contributed by atoms with Gasteiger partial charge < -0.3 is 15.5 Å². The Bertz CT molecular complexity index is 869. The molecule has 2 heterocycles. The van der Waals surface area contributed by atoms with Gasteiger partial charge in [0.05, 0.1) is 11.4 Å². The van der Waals surface area contributed by atoms with Crippen molar-refractivity contribution in [1.29, 1.82) is 0 Å². The fourth-order valence-electron chi connectivity index (χ4n) is 3.54. The fraction of sp³-hybridized carbons (Fsp3) is 0.273. The van der Waals surface area contributed by atoms with Crippen LogP contribution in [0.1, 0.15) is 6.92 Å². The summed E-state index contributed by atoms with van der Waals surface area (Å²) in [5.74, 6) is 1.39. The lowest BCUT2D eigenvalue weighted by Gasteiger charge is -2.35. The molecule has 7 heteroatoms. The first-order chi connectivity index (χ1) is 14.3. The third-order valence-corrected chi connectivity index (χ3v) is 5.23. The van der Waals surface area contributed by atoms with Gasteiger partial charge in [0.25, 0.3) is 0 Å². The minimum atomic E-state index is 0.564. The van der Waals surface area contributed by atoms with Crippen molar-refractivity contribution in [3.05, 3.63) is 67.0 Å². The Balaban J connectivity index is 1.62.